The Bertz CT molecular complexity index is 908. The number of carbonyl (C=O) groups is 1. The highest BCUT2D eigenvalue weighted by Crippen LogP contribution is 2.25. The number of rotatable bonds is 5. The molecule has 0 unspecified atom stereocenters. The van der Waals surface area contributed by atoms with Crippen molar-refractivity contribution in [2.45, 2.75) is 24.3 Å². The molecule has 6 nitrogen and oxygen atoms in total. The van der Waals surface area contributed by atoms with Crippen LogP contribution < -0.4 is 11.2 Å². The van der Waals surface area contributed by atoms with Gasteiger partial charge in [0.1, 0.15) is 0 Å². The molecule has 1 atom stereocenters. The first-order valence-corrected chi connectivity index (χ1v) is 9.20. The first-order chi connectivity index (χ1) is 12.4. The summed E-state index contributed by atoms with van der Waals surface area (Å²) < 4.78 is 1.40. The third-order valence-corrected chi connectivity index (χ3v) is 5.05. The highest BCUT2D eigenvalue weighted by molar-refractivity contribution is 8.00. The third-order valence-electron chi connectivity index (χ3n) is 3.74. The summed E-state index contributed by atoms with van der Waals surface area (Å²) in [5.74, 6) is 6.51. The van der Waals surface area contributed by atoms with Gasteiger partial charge in [-0.2, -0.15) is 0 Å². The Hall–Kier alpha value is -2.51. The summed E-state index contributed by atoms with van der Waals surface area (Å²) in [7, 11) is 0. The maximum atomic E-state index is 12.4. The molecule has 3 N–H and O–H groups in total. The van der Waals surface area contributed by atoms with Gasteiger partial charge in [-0.15, -0.1) is 10.2 Å². The van der Waals surface area contributed by atoms with Crippen LogP contribution in [0.3, 0.4) is 0 Å². The Morgan fingerprint density at radius 1 is 1.15 bits per heavy atom. The molecule has 0 fully saturated rings. The fourth-order valence-electron chi connectivity index (χ4n) is 2.25. The van der Waals surface area contributed by atoms with Crippen molar-refractivity contribution < 1.29 is 4.79 Å². The van der Waals surface area contributed by atoms with Crippen LogP contribution in [-0.4, -0.2) is 26.0 Å². The van der Waals surface area contributed by atoms with Gasteiger partial charge in [0, 0.05) is 16.3 Å². The largest absolute Gasteiger partial charge is 0.335 e. The molecule has 8 heteroatoms. The standard InChI is InChI=1S/C18H18ClN5OS/c1-11-3-5-13(6-4-11)16-22-23-18(24(16)20)26-12(2)17(25)21-15-9-7-14(19)8-10-15/h3-10,12H,20H2,1-2H3,(H,21,25)/t12-/m0/s1. The summed E-state index contributed by atoms with van der Waals surface area (Å²) >= 11 is 7.09. The fourth-order valence-corrected chi connectivity index (χ4v) is 3.14. The van der Waals surface area contributed by atoms with Crippen molar-refractivity contribution in [2.75, 3.05) is 11.2 Å². The van der Waals surface area contributed by atoms with E-state index in [0.29, 0.717) is 21.7 Å². The summed E-state index contributed by atoms with van der Waals surface area (Å²) in [5, 5.41) is 11.8. The van der Waals surface area contributed by atoms with Crippen molar-refractivity contribution in [3.63, 3.8) is 0 Å². The molecule has 0 radical (unpaired) electrons. The minimum Gasteiger partial charge on any atom is -0.335 e. The normalized spacial score (nSPS) is 12.0. The van der Waals surface area contributed by atoms with Crippen molar-refractivity contribution in [1.29, 1.82) is 0 Å². The van der Waals surface area contributed by atoms with Gasteiger partial charge in [0.25, 0.3) is 0 Å². The number of nitrogens with two attached hydrogens (primary N) is 1. The number of anilines is 1. The molecule has 0 spiro atoms. The predicted molar refractivity (Wildman–Crippen MR) is 106 cm³/mol. The Morgan fingerprint density at radius 2 is 1.81 bits per heavy atom. The van der Waals surface area contributed by atoms with Crippen LogP contribution >= 0.6 is 23.4 Å². The van der Waals surface area contributed by atoms with Gasteiger partial charge in [0.05, 0.1) is 5.25 Å². The van der Waals surface area contributed by atoms with Gasteiger partial charge in [-0.25, -0.2) is 4.68 Å². The molecule has 3 rings (SSSR count). The SMILES string of the molecule is Cc1ccc(-c2nnc(S[C@@H](C)C(=O)Nc3ccc(Cl)cc3)n2N)cc1. The molecule has 0 aliphatic heterocycles. The number of nitrogens with one attached hydrogen (secondary N) is 1. The molecule has 1 amide bonds. The molecule has 0 bridgehead atoms. The summed E-state index contributed by atoms with van der Waals surface area (Å²) in [6.07, 6.45) is 0. The maximum Gasteiger partial charge on any atom is 0.237 e. The summed E-state index contributed by atoms with van der Waals surface area (Å²) in [6.45, 7) is 3.80. The molecule has 0 aliphatic rings. The highest BCUT2D eigenvalue weighted by atomic mass is 35.5. The number of thioether (sulfide) groups is 1. The first kappa shape index (κ1) is 18.3. The number of hydrogen-bond acceptors (Lipinski definition) is 5. The average molecular weight is 388 g/mol. The average Bonchev–Trinajstić information content (AvgIpc) is 2.98. The molecule has 134 valence electrons. The van der Waals surface area contributed by atoms with Crippen LogP contribution in [0.25, 0.3) is 11.4 Å². The lowest BCUT2D eigenvalue weighted by molar-refractivity contribution is -0.115. The zero-order chi connectivity index (χ0) is 18.7. The lowest BCUT2D eigenvalue weighted by atomic mass is 10.1. The Kier molecular flexibility index (Phi) is 5.49. The van der Waals surface area contributed by atoms with Crippen LogP contribution in [0.2, 0.25) is 5.02 Å². The number of amides is 1. The molecule has 0 aliphatic carbocycles. The lowest BCUT2D eigenvalue weighted by Gasteiger charge is -2.11. The molecule has 2 aromatic carbocycles. The Labute approximate surface area is 160 Å². The van der Waals surface area contributed by atoms with Crippen LogP contribution in [0.4, 0.5) is 5.69 Å². The maximum absolute atomic E-state index is 12.4. The summed E-state index contributed by atoms with van der Waals surface area (Å²) in [6, 6.07) is 14.8. The van der Waals surface area contributed by atoms with E-state index in [4.69, 9.17) is 17.4 Å². The molecule has 26 heavy (non-hydrogen) atoms. The summed E-state index contributed by atoms with van der Waals surface area (Å²) in [5.41, 5.74) is 2.70. The van der Waals surface area contributed by atoms with Gasteiger partial charge in [-0.3, -0.25) is 4.79 Å². The van der Waals surface area contributed by atoms with E-state index in [-0.39, 0.29) is 5.91 Å². The van der Waals surface area contributed by atoms with E-state index >= 15 is 0 Å². The molecule has 1 heterocycles. The van der Waals surface area contributed by atoms with Gasteiger partial charge in [-0.05, 0) is 38.1 Å². The minimum atomic E-state index is -0.400. The second-order valence-electron chi connectivity index (χ2n) is 5.80. The van der Waals surface area contributed by atoms with Crippen molar-refractivity contribution in [3.8, 4) is 11.4 Å². The van der Waals surface area contributed by atoms with Crippen LogP contribution in [0.5, 0.6) is 0 Å². The Balaban J connectivity index is 1.69. The van der Waals surface area contributed by atoms with Gasteiger partial charge < -0.3 is 11.2 Å². The van der Waals surface area contributed by atoms with Crippen LogP contribution in [0.15, 0.2) is 53.7 Å². The van der Waals surface area contributed by atoms with E-state index in [1.165, 1.54) is 16.4 Å². The van der Waals surface area contributed by atoms with Crippen molar-refractivity contribution in [3.05, 3.63) is 59.1 Å². The molecule has 0 saturated heterocycles. The lowest BCUT2D eigenvalue weighted by Crippen LogP contribution is -2.23. The van der Waals surface area contributed by atoms with Crippen molar-refractivity contribution >= 4 is 35.0 Å². The smallest absolute Gasteiger partial charge is 0.237 e. The van der Waals surface area contributed by atoms with Gasteiger partial charge in [0.15, 0.2) is 5.82 Å². The number of benzene rings is 2. The second-order valence-corrected chi connectivity index (χ2v) is 7.54. The fraction of sp³-hybridized carbons (Fsp3) is 0.167. The van der Waals surface area contributed by atoms with E-state index in [9.17, 15) is 4.79 Å². The van der Waals surface area contributed by atoms with Crippen LogP contribution in [0.1, 0.15) is 12.5 Å². The quantitative estimate of drug-likeness (QED) is 0.514. The predicted octanol–water partition coefficient (Wildman–Crippen LogP) is 3.74. The van der Waals surface area contributed by atoms with E-state index in [1.54, 1.807) is 31.2 Å². The monoisotopic (exact) mass is 387 g/mol. The van der Waals surface area contributed by atoms with Gasteiger partial charge >= 0.3 is 0 Å². The number of hydrogen-bond donors (Lipinski definition) is 2. The zero-order valence-electron chi connectivity index (χ0n) is 14.3. The van der Waals surface area contributed by atoms with E-state index < -0.39 is 5.25 Å². The number of carbonyl (C=O) groups excluding carboxylic acids is 1. The van der Waals surface area contributed by atoms with E-state index in [0.717, 1.165) is 11.1 Å². The topological polar surface area (TPSA) is 85.8 Å². The number of nitrogen functional groups attached to an aromatic ring is 1. The molecule has 3 aromatic rings. The van der Waals surface area contributed by atoms with E-state index in [2.05, 4.69) is 15.5 Å². The second kappa shape index (κ2) is 7.80. The van der Waals surface area contributed by atoms with Crippen molar-refractivity contribution in [2.24, 2.45) is 0 Å². The van der Waals surface area contributed by atoms with Crippen LogP contribution in [-0.2, 0) is 4.79 Å². The van der Waals surface area contributed by atoms with E-state index in [1.807, 2.05) is 31.2 Å². The molecular weight excluding hydrogens is 370 g/mol. The minimum absolute atomic E-state index is 0.155. The van der Waals surface area contributed by atoms with Gasteiger partial charge in [0.2, 0.25) is 11.1 Å². The molecule has 1 aromatic heterocycles. The van der Waals surface area contributed by atoms with Crippen LogP contribution in [0, 0.1) is 6.92 Å². The molecular formula is C18H18ClN5OS. The molecule has 0 saturated carbocycles. The van der Waals surface area contributed by atoms with Crippen molar-refractivity contribution in [1.82, 2.24) is 14.9 Å². The Morgan fingerprint density at radius 3 is 2.46 bits per heavy atom. The zero-order valence-corrected chi connectivity index (χ0v) is 15.9. The highest BCUT2D eigenvalue weighted by Gasteiger charge is 2.20. The third kappa shape index (κ3) is 4.17. The first-order valence-electron chi connectivity index (χ1n) is 7.94. The number of aryl methyl sites for hydroxylation is 1. The number of aromatic nitrogens is 3. The summed E-state index contributed by atoms with van der Waals surface area (Å²) in [4.78, 5) is 12.4. The number of nitrogens with zero attached hydrogens (tertiary/aromatic N) is 3. The van der Waals surface area contributed by atoms with Gasteiger partial charge in [-0.1, -0.05) is 53.2 Å². The number of halogens is 1.